The van der Waals surface area contributed by atoms with Crippen molar-refractivity contribution in [2.75, 3.05) is 26.2 Å². The Kier molecular flexibility index (Phi) is 6.55. The largest absolute Gasteiger partial charge is 0.444 e. The molecule has 3 rings (SSSR count). The van der Waals surface area contributed by atoms with Crippen molar-refractivity contribution in [3.05, 3.63) is 29.8 Å². The van der Waals surface area contributed by atoms with Gasteiger partial charge >= 0.3 is 6.09 Å². The van der Waals surface area contributed by atoms with E-state index in [2.05, 4.69) is 5.32 Å². The maximum Gasteiger partial charge on any atom is 0.410 e. The first kappa shape index (κ1) is 22.1. The number of nitrogens with one attached hydrogen (secondary N) is 1. The highest BCUT2D eigenvalue weighted by Crippen LogP contribution is 2.39. The van der Waals surface area contributed by atoms with Crippen molar-refractivity contribution in [2.24, 2.45) is 11.8 Å². The maximum absolute atomic E-state index is 12.6. The number of aryl methyl sites for hydroxylation is 1. The lowest BCUT2D eigenvalue weighted by Gasteiger charge is -2.47. The molecule has 2 aliphatic rings. The first-order chi connectivity index (χ1) is 13.5. The summed E-state index contributed by atoms with van der Waals surface area (Å²) in [4.78, 5) is 14.6. The molecule has 0 aromatic heterocycles. The third-order valence-electron chi connectivity index (χ3n) is 5.50. The molecule has 1 aromatic rings. The Morgan fingerprint density at radius 3 is 2.48 bits per heavy atom. The summed E-state index contributed by atoms with van der Waals surface area (Å²) in [6, 6.07) is 6.73. The van der Waals surface area contributed by atoms with Gasteiger partial charge in [0.25, 0.3) is 10.1 Å². The predicted molar refractivity (Wildman–Crippen MR) is 110 cm³/mol. The molecule has 2 fully saturated rings. The Hall–Kier alpha value is -1.64. The molecule has 1 saturated carbocycles. The second kappa shape index (κ2) is 8.62. The van der Waals surface area contributed by atoms with E-state index in [0.717, 1.165) is 31.5 Å². The van der Waals surface area contributed by atoms with Crippen molar-refractivity contribution in [3.8, 4) is 0 Å². The summed E-state index contributed by atoms with van der Waals surface area (Å²) >= 11 is 0. The SMILES string of the molecule is Cc1ccc(S(=O)(=O)OCC2CC(C3CNCCN3C(=O)OC(C)(C)C)C2)cc1. The molecular weight excluding hydrogens is 392 g/mol. The smallest absolute Gasteiger partial charge is 0.410 e. The van der Waals surface area contributed by atoms with Crippen LogP contribution in [0.3, 0.4) is 0 Å². The van der Waals surface area contributed by atoms with Crippen LogP contribution in [0.4, 0.5) is 4.79 Å². The van der Waals surface area contributed by atoms with Gasteiger partial charge in [0.1, 0.15) is 5.60 Å². The van der Waals surface area contributed by atoms with Crippen LogP contribution in [0.1, 0.15) is 39.2 Å². The van der Waals surface area contributed by atoms with Crippen molar-refractivity contribution in [1.82, 2.24) is 10.2 Å². The van der Waals surface area contributed by atoms with Crippen molar-refractivity contribution in [2.45, 2.75) is 57.1 Å². The number of amides is 1. The van der Waals surface area contributed by atoms with Crippen LogP contribution in [-0.4, -0.2) is 57.3 Å². The lowest BCUT2D eigenvalue weighted by atomic mass is 9.70. The van der Waals surface area contributed by atoms with Crippen LogP contribution in [0.25, 0.3) is 0 Å². The van der Waals surface area contributed by atoms with Gasteiger partial charge in [-0.25, -0.2) is 4.79 Å². The minimum absolute atomic E-state index is 0.0727. The molecule has 0 radical (unpaired) electrons. The van der Waals surface area contributed by atoms with Crippen LogP contribution in [-0.2, 0) is 19.0 Å². The Labute approximate surface area is 173 Å². The molecule has 1 saturated heterocycles. The summed E-state index contributed by atoms with van der Waals surface area (Å²) in [7, 11) is -3.73. The van der Waals surface area contributed by atoms with Crippen molar-refractivity contribution >= 4 is 16.2 Å². The molecule has 0 bridgehead atoms. The van der Waals surface area contributed by atoms with E-state index in [1.54, 1.807) is 24.3 Å². The Morgan fingerprint density at radius 2 is 1.86 bits per heavy atom. The average Bonchev–Trinajstić information content (AvgIpc) is 2.59. The van der Waals surface area contributed by atoms with E-state index in [-0.39, 0.29) is 29.6 Å². The molecule has 1 aromatic carbocycles. The lowest BCUT2D eigenvalue weighted by Crippen LogP contribution is -2.59. The van der Waals surface area contributed by atoms with Crippen molar-refractivity contribution in [1.29, 1.82) is 0 Å². The zero-order chi connectivity index (χ0) is 21.2. The second-order valence-electron chi connectivity index (χ2n) is 9.09. The van der Waals surface area contributed by atoms with Gasteiger partial charge in [0, 0.05) is 19.6 Å². The number of hydrogen-bond donors (Lipinski definition) is 1. The summed E-state index contributed by atoms with van der Waals surface area (Å²) in [6.45, 7) is 9.81. The monoisotopic (exact) mass is 424 g/mol. The highest BCUT2D eigenvalue weighted by atomic mass is 32.2. The van der Waals surface area contributed by atoms with E-state index in [9.17, 15) is 13.2 Å². The van der Waals surface area contributed by atoms with E-state index >= 15 is 0 Å². The van der Waals surface area contributed by atoms with E-state index in [0.29, 0.717) is 12.5 Å². The fraction of sp³-hybridized carbons (Fsp3) is 0.667. The Bertz CT molecular complexity index is 810. The van der Waals surface area contributed by atoms with Gasteiger partial charge in [0.15, 0.2) is 0 Å². The highest BCUT2D eigenvalue weighted by molar-refractivity contribution is 7.86. The van der Waals surface area contributed by atoms with E-state index < -0.39 is 15.7 Å². The number of nitrogens with zero attached hydrogens (tertiary/aromatic N) is 1. The minimum atomic E-state index is -3.73. The van der Waals surface area contributed by atoms with Gasteiger partial charge in [-0.3, -0.25) is 4.18 Å². The summed E-state index contributed by atoms with van der Waals surface area (Å²) in [5, 5.41) is 3.35. The van der Waals surface area contributed by atoms with Crippen LogP contribution < -0.4 is 5.32 Å². The number of benzene rings is 1. The average molecular weight is 425 g/mol. The molecule has 162 valence electrons. The summed E-state index contributed by atoms with van der Waals surface area (Å²) in [5.41, 5.74) is 0.480. The van der Waals surface area contributed by atoms with Gasteiger partial charge in [-0.15, -0.1) is 0 Å². The summed E-state index contributed by atoms with van der Waals surface area (Å²) in [6.07, 6.45) is 1.41. The highest BCUT2D eigenvalue weighted by Gasteiger charge is 2.42. The standard InChI is InChI=1S/C21H32N2O5S/c1-15-5-7-18(8-6-15)29(25,26)27-14-16-11-17(12-16)19-13-22-9-10-23(19)20(24)28-21(2,3)4/h5-8,16-17,19,22H,9-14H2,1-4H3. The molecule has 1 atom stereocenters. The van der Waals surface area contributed by atoms with Gasteiger partial charge in [-0.1, -0.05) is 17.7 Å². The third kappa shape index (κ3) is 5.71. The van der Waals surface area contributed by atoms with Gasteiger partial charge in [-0.05, 0) is 64.5 Å². The fourth-order valence-electron chi connectivity index (χ4n) is 3.89. The number of hydrogen-bond acceptors (Lipinski definition) is 6. The lowest BCUT2D eigenvalue weighted by molar-refractivity contribution is -0.0138. The number of carbonyl (C=O) groups excluding carboxylic acids is 1. The number of rotatable bonds is 5. The predicted octanol–water partition coefficient (Wildman–Crippen LogP) is 2.94. The van der Waals surface area contributed by atoms with Crippen LogP contribution >= 0.6 is 0 Å². The Morgan fingerprint density at radius 1 is 1.21 bits per heavy atom. The van der Waals surface area contributed by atoms with E-state index in [1.165, 1.54) is 0 Å². The molecule has 1 aliphatic carbocycles. The van der Waals surface area contributed by atoms with Gasteiger partial charge in [0.05, 0.1) is 17.5 Å². The molecule has 1 heterocycles. The third-order valence-corrected chi connectivity index (χ3v) is 6.79. The molecule has 8 heteroatoms. The number of piperazine rings is 1. The summed E-state index contributed by atoms with van der Waals surface area (Å²) in [5.74, 6) is 0.508. The van der Waals surface area contributed by atoms with Crippen LogP contribution in [0.5, 0.6) is 0 Å². The van der Waals surface area contributed by atoms with E-state index in [1.807, 2.05) is 32.6 Å². The summed E-state index contributed by atoms with van der Waals surface area (Å²) < 4.78 is 35.5. The van der Waals surface area contributed by atoms with Crippen molar-refractivity contribution in [3.63, 3.8) is 0 Å². The number of ether oxygens (including phenoxy) is 1. The second-order valence-corrected chi connectivity index (χ2v) is 10.7. The quantitative estimate of drug-likeness (QED) is 0.732. The molecule has 29 heavy (non-hydrogen) atoms. The minimum Gasteiger partial charge on any atom is -0.444 e. The number of carbonyl (C=O) groups is 1. The van der Waals surface area contributed by atoms with Crippen LogP contribution in [0.2, 0.25) is 0 Å². The molecule has 1 N–H and O–H groups in total. The molecule has 1 aliphatic heterocycles. The fourth-order valence-corrected chi connectivity index (χ4v) is 4.87. The molecule has 1 unspecified atom stereocenters. The molecule has 0 spiro atoms. The first-order valence-electron chi connectivity index (χ1n) is 10.2. The van der Waals surface area contributed by atoms with Gasteiger partial charge in [0.2, 0.25) is 0 Å². The maximum atomic E-state index is 12.6. The van der Waals surface area contributed by atoms with Crippen molar-refractivity contribution < 1.29 is 22.1 Å². The molecule has 1 amide bonds. The normalized spacial score (nSPS) is 25.4. The van der Waals surface area contributed by atoms with Crippen LogP contribution in [0.15, 0.2) is 29.2 Å². The van der Waals surface area contributed by atoms with Gasteiger partial charge < -0.3 is 15.0 Å². The molecular formula is C21H32N2O5S. The Balaban J connectivity index is 1.51. The van der Waals surface area contributed by atoms with Gasteiger partial charge in [-0.2, -0.15) is 8.42 Å². The zero-order valence-electron chi connectivity index (χ0n) is 17.7. The first-order valence-corrected chi connectivity index (χ1v) is 11.6. The zero-order valence-corrected chi connectivity index (χ0v) is 18.5. The molecule has 7 nitrogen and oxygen atoms in total. The van der Waals surface area contributed by atoms with Crippen LogP contribution in [0, 0.1) is 18.8 Å². The van der Waals surface area contributed by atoms with E-state index in [4.69, 9.17) is 8.92 Å². The topological polar surface area (TPSA) is 84.9 Å².